The largest absolute Gasteiger partial charge is 0.395 e. The van der Waals surface area contributed by atoms with E-state index in [9.17, 15) is 9.59 Å². The predicted octanol–water partition coefficient (Wildman–Crippen LogP) is 0.115. The Balaban J connectivity index is 3.03. The number of carbonyl (C=O) groups is 2. The van der Waals surface area contributed by atoms with Gasteiger partial charge in [0, 0.05) is 27.7 Å². The first kappa shape index (κ1) is 16.0. The van der Waals surface area contributed by atoms with Crippen LogP contribution in [0.1, 0.15) is 30.0 Å². The van der Waals surface area contributed by atoms with Crippen molar-refractivity contribution < 1.29 is 9.59 Å². The lowest BCUT2D eigenvalue weighted by Crippen LogP contribution is -2.41. The number of nitrogens with zero attached hydrogens (tertiary/aromatic N) is 4. The number of nitrogens with two attached hydrogens (primary N) is 1. The highest BCUT2D eigenvalue weighted by Gasteiger charge is 2.25. The van der Waals surface area contributed by atoms with Gasteiger partial charge in [0.2, 0.25) is 5.91 Å². The van der Waals surface area contributed by atoms with Gasteiger partial charge in [-0.15, -0.1) is 0 Å². The van der Waals surface area contributed by atoms with E-state index in [0.29, 0.717) is 30.0 Å². The summed E-state index contributed by atoms with van der Waals surface area (Å²) in [6.45, 7) is 4.23. The Bertz CT molecular complexity index is 507. The second-order valence-electron chi connectivity index (χ2n) is 4.79. The van der Waals surface area contributed by atoms with E-state index in [0.717, 1.165) is 0 Å². The molecule has 0 bridgehead atoms. The molecule has 7 nitrogen and oxygen atoms in total. The number of carbonyl (C=O) groups excluding carboxylic acids is 2. The molecular weight excluding hydrogens is 258 g/mol. The average molecular weight is 281 g/mol. The fourth-order valence-corrected chi connectivity index (χ4v) is 1.89. The molecule has 0 saturated carbocycles. The van der Waals surface area contributed by atoms with Crippen molar-refractivity contribution in [1.29, 1.82) is 0 Å². The van der Waals surface area contributed by atoms with Gasteiger partial charge < -0.3 is 15.5 Å². The van der Waals surface area contributed by atoms with Gasteiger partial charge in [0.05, 0.1) is 11.4 Å². The number of likely N-dealkylation sites (N-methyl/N-ethyl adjacent to an activating group) is 2. The normalized spacial score (nSPS) is 10.4. The van der Waals surface area contributed by atoms with E-state index in [1.807, 2.05) is 13.8 Å². The molecule has 0 aliphatic heterocycles. The summed E-state index contributed by atoms with van der Waals surface area (Å²) < 4.78 is 1.49. The Labute approximate surface area is 119 Å². The van der Waals surface area contributed by atoms with Crippen molar-refractivity contribution >= 4 is 17.5 Å². The minimum atomic E-state index is -0.269. The molecule has 0 unspecified atom stereocenters. The highest BCUT2D eigenvalue weighted by molar-refractivity contribution is 5.99. The van der Waals surface area contributed by atoms with E-state index in [1.54, 1.807) is 21.1 Å². The van der Waals surface area contributed by atoms with Gasteiger partial charge in [-0.05, 0) is 13.3 Å². The van der Waals surface area contributed by atoms with E-state index in [2.05, 4.69) is 5.10 Å². The topological polar surface area (TPSA) is 84.5 Å². The average Bonchev–Trinajstić information content (AvgIpc) is 2.69. The van der Waals surface area contributed by atoms with Gasteiger partial charge in [-0.25, -0.2) is 0 Å². The minimum Gasteiger partial charge on any atom is -0.395 e. The molecule has 1 aromatic heterocycles. The van der Waals surface area contributed by atoms with Crippen LogP contribution in [0.5, 0.6) is 0 Å². The molecule has 0 aromatic carbocycles. The molecular formula is C13H23N5O2. The lowest BCUT2D eigenvalue weighted by Gasteiger charge is -2.22. The van der Waals surface area contributed by atoms with Crippen LogP contribution in [-0.4, -0.2) is 58.6 Å². The van der Waals surface area contributed by atoms with Gasteiger partial charge in [-0.2, -0.15) is 5.10 Å². The van der Waals surface area contributed by atoms with E-state index in [-0.39, 0.29) is 18.4 Å². The van der Waals surface area contributed by atoms with Crippen LogP contribution in [0, 0.1) is 0 Å². The molecule has 1 heterocycles. The number of nitrogen functional groups attached to an aromatic ring is 1. The first-order valence-corrected chi connectivity index (χ1v) is 6.64. The van der Waals surface area contributed by atoms with Crippen LogP contribution in [0.2, 0.25) is 0 Å². The van der Waals surface area contributed by atoms with Gasteiger partial charge in [-0.1, -0.05) is 6.92 Å². The summed E-state index contributed by atoms with van der Waals surface area (Å²) in [7, 11) is 5.01. The molecule has 112 valence electrons. The van der Waals surface area contributed by atoms with Crippen molar-refractivity contribution in [1.82, 2.24) is 19.6 Å². The Kier molecular flexibility index (Phi) is 5.12. The molecule has 1 rings (SSSR count). The second-order valence-corrected chi connectivity index (χ2v) is 4.79. The highest BCUT2D eigenvalue weighted by atomic mass is 16.2. The lowest BCUT2D eigenvalue weighted by molar-refractivity contribution is -0.129. The van der Waals surface area contributed by atoms with Crippen LogP contribution in [-0.2, 0) is 18.3 Å². The Morgan fingerprint density at radius 2 is 1.90 bits per heavy atom. The maximum Gasteiger partial charge on any atom is 0.274 e. The monoisotopic (exact) mass is 281 g/mol. The SMILES string of the molecule is CCc1nn(C)c(C(=O)N(CC)CC(=O)N(C)C)c1N. The van der Waals surface area contributed by atoms with Crippen LogP contribution in [0.3, 0.4) is 0 Å². The molecule has 0 spiro atoms. The fraction of sp³-hybridized carbons (Fsp3) is 0.615. The molecule has 0 saturated heterocycles. The quantitative estimate of drug-likeness (QED) is 0.830. The van der Waals surface area contributed by atoms with E-state index >= 15 is 0 Å². The third-order valence-electron chi connectivity index (χ3n) is 3.19. The lowest BCUT2D eigenvalue weighted by atomic mass is 10.2. The number of hydrogen-bond donors (Lipinski definition) is 1. The smallest absolute Gasteiger partial charge is 0.274 e. The molecule has 2 N–H and O–H groups in total. The third kappa shape index (κ3) is 3.09. The molecule has 0 atom stereocenters. The van der Waals surface area contributed by atoms with Crippen molar-refractivity contribution in [3.05, 3.63) is 11.4 Å². The molecule has 1 aromatic rings. The van der Waals surface area contributed by atoms with Crippen LogP contribution >= 0.6 is 0 Å². The van der Waals surface area contributed by atoms with Gasteiger partial charge in [0.15, 0.2) is 0 Å². The zero-order chi connectivity index (χ0) is 15.4. The van der Waals surface area contributed by atoms with Crippen LogP contribution < -0.4 is 5.73 Å². The zero-order valence-corrected chi connectivity index (χ0v) is 12.8. The first-order chi connectivity index (χ1) is 9.33. The van der Waals surface area contributed by atoms with Crippen molar-refractivity contribution in [2.24, 2.45) is 7.05 Å². The molecule has 0 fully saturated rings. The summed E-state index contributed by atoms with van der Waals surface area (Å²) >= 11 is 0. The highest BCUT2D eigenvalue weighted by Crippen LogP contribution is 2.18. The number of aromatic nitrogens is 2. The first-order valence-electron chi connectivity index (χ1n) is 6.64. The predicted molar refractivity (Wildman–Crippen MR) is 77.3 cm³/mol. The summed E-state index contributed by atoms with van der Waals surface area (Å²) in [5, 5.41) is 4.23. The van der Waals surface area contributed by atoms with Crippen molar-refractivity contribution in [2.45, 2.75) is 20.3 Å². The van der Waals surface area contributed by atoms with E-state index < -0.39 is 0 Å². The molecule has 20 heavy (non-hydrogen) atoms. The van der Waals surface area contributed by atoms with Crippen LogP contribution in [0.15, 0.2) is 0 Å². The summed E-state index contributed by atoms with van der Waals surface area (Å²) in [5.41, 5.74) is 7.41. The van der Waals surface area contributed by atoms with Gasteiger partial charge in [0.25, 0.3) is 5.91 Å². The Hall–Kier alpha value is -2.05. The number of rotatable bonds is 5. The summed E-state index contributed by atoms with van der Waals surface area (Å²) in [4.78, 5) is 27.2. The molecule has 0 radical (unpaired) electrons. The standard InChI is InChI=1S/C13H23N5O2/c1-6-9-11(14)12(17(5)15-9)13(20)18(7-2)8-10(19)16(3)4/h6-8,14H2,1-5H3. The van der Waals surface area contributed by atoms with Crippen LogP contribution in [0.4, 0.5) is 5.69 Å². The number of anilines is 1. The van der Waals surface area contributed by atoms with E-state index in [4.69, 9.17) is 5.73 Å². The van der Waals surface area contributed by atoms with Crippen molar-refractivity contribution in [3.8, 4) is 0 Å². The zero-order valence-electron chi connectivity index (χ0n) is 12.8. The molecule has 0 aliphatic rings. The third-order valence-corrected chi connectivity index (χ3v) is 3.19. The summed E-state index contributed by atoms with van der Waals surface area (Å²) in [5.74, 6) is -0.397. The molecule has 7 heteroatoms. The van der Waals surface area contributed by atoms with E-state index in [1.165, 1.54) is 14.5 Å². The Morgan fingerprint density at radius 1 is 1.30 bits per heavy atom. The summed E-state index contributed by atoms with van der Waals surface area (Å²) in [6, 6.07) is 0. The summed E-state index contributed by atoms with van der Waals surface area (Å²) in [6.07, 6.45) is 0.662. The van der Waals surface area contributed by atoms with Gasteiger partial charge in [0.1, 0.15) is 12.2 Å². The number of amides is 2. The van der Waals surface area contributed by atoms with Crippen LogP contribution in [0.25, 0.3) is 0 Å². The van der Waals surface area contributed by atoms with Gasteiger partial charge >= 0.3 is 0 Å². The molecule has 0 aliphatic carbocycles. The fourth-order valence-electron chi connectivity index (χ4n) is 1.89. The van der Waals surface area contributed by atoms with Crippen molar-refractivity contribution in [2.75, 3.05) is 32.9 Å². The number of aryl methyl sites for hydroxylation is 2. The molecule has 2 amide bonds. The second kappa shape index (κ2) is 6.40. The maximum atomic E-state index is 12.5. The maximum absolute atomic E-state index is 12.5. The minimum absolute atomic E-state index is 0.0361. The number of hydrogen-bond acceptors (Lipinski definition) is 4. The Morgan fingerprint density at radius 3 is 2.30 bits per heavy atom. The van der Waals surface area contributed by atoms with Crippen molar-refractivity contribution in [3.63, 3.8) is 0 Å². The van der Waals surface area contributed by atoms with Gasteiger partial charge in [-0.3, -0.25) is 14.3 Å².